The smallest absolute Gasteiger partial charge is 0.330 e. The molecule has 8 N–H and O–H groups in total. The number of nitrogens with zero attached hydrogens (tertiary/aromatic N) is 1. The van der Waals surface area contributed by atoms with Gasteiger partial charge in [0, 0.05) is 12.3 Å². The third-order valence-electron chi connectivity index (χ3n) is 4.83. The number of aliphatic hydroxyl groups is 5. The zero-order valence-electron chi connectivity index (χ0n) is 14.6. The van der Waals surface area contributed by atoms with E-state index in [4.69, 9.17) is 19.9 Å². The van der Waals surface area contributed by atoms with Crippen molar-refractivity contribution in [1.82, 2.24) is 9.55 Å². The van der Waals surface area contributed by atoms with Crippen molar-refractivity contribution < 1.29 is 39.7 Å². The number of aromatic nitrogens is 2. The van der Waals surface area contributed by atoms with E-state index in [1.807, 2.05) is 4.98 Å². The molecule has 0 aliphatic carbocycles. The molecular formula is C15H23N3O10. The van der Waals surface area contributed by atoms with Gasteiger partial charge in [0.15, 0.2) is 12.5 Å². The molecule has 0 saturated carbocycles. The van der Waals surface area contributed by atoms with E-state index in [1.165, 1.54) is 0 Å². The number of aromatic amines is 1. The fraction of sp³-hybridized carbons (Fsp3) is 0.733. The molecule has 3 rings (SSSR count). The summed E-state index contributed by atoms with van der Waals surface area (Å²) in [5, 5.41) is 49.5. The fourth-order valence-electron chi connectivity index (χ4n) is 3.17. The highest BCUT2D eigenvalue weighted by Crippen LogP contribution is 2.29. The Balaban J connectivity index is 1.66. The number of aliphatic hydroxyl groups excluding tert-OH is 5. The van der Waals surface area contributed by atoms with E-state index in [2.05, 4.69) is 0 Å². The largest absolute Gasteiger partial charge is 0.394 e. The van der Waals surface area contributed by atoms with Gasteiger partial charge in [0.25, 0.3) is 5.56 Å². The van der Waals surface area contributed by atoms with Gasteiger partial charge >= 0.3 is 5.69 Å². The molecule has 0 spiro atoms. The SMILES string of the molecule is N[C@H]1[C@H](O)[C@@H](O)[C@H](OC[C@@H]2O[C@H](n3ccc(=O)[nH]c3=O)C(O)C2O)O[C@@H]1CO. The Labute approximate surface area is 157 Å². The molecule has 0 aromatic carbocycles. The van der Waals surface area contributed by atoms with Crippen molar-refractivity contribution in [1.29, 1.82) is 0 Å². The first-order valence-corrected chi connectivity index (χ1v) is 8.57. The molecule has 0 bridgehead atoms. The van der Waals surface area contributed by atoms with E-state index >= 15 is 0 Å². The number of nitrogens with two attached hydrogens (primary N) is 1. The van der Waals surface area contributed by atoms with Crippen LogP contribution in [0.2, 0.25) is 0 Å². The highest BCUT2D eigenvalue weighted by atomic mass is 16.7. The zero-order valence-corrected chi connectivity index (χ0v) is 14.6. The minimum atomic E-state index is -1.51. The lowest BCUT2D eigenvalue weighted by Gasteiger charge is -2.40. The van der Waals surface area contributed by atoms with Crippen LogP contribution in [0.4, 0.5) is 0 Å². The second-order valence-corrected chi connectivity index (χ2v) is 6.68. The maximum absolute atomic E-state index is 11.9. The predicted molar refractivity (Wildman–Crippen MR) is 88.9 cm³/mol. The first-order valence-electron chi connectivity index (χ1n) is 8.57. The number of rotatable bonds is 5. The second-order valence-electron chi connectivity index (χ2n) is 6.68. The fourth-order valence-corrected chi connectivity index (χ4v) is 3.17. The summed E-state index contributed by atoms with van der Waals surface area (Å²) in [6.45, 7) is -0.891. The maximum atomic E-state index is 11.9. The van der Waals surface area contributed by atoms with Crippen LogP contribution in [0.1, 0.15) is 6.23 Å². The number of hydrogen-bond acceptors (Lipinski definition) is 11. The molecule has 13 nitrogen and oxygen atoms in total. The maximum Gasteiger partial charge on any atom is 0.330 e. The minimum absolute atomic E-state index is 0.380. The van der Waals surface area contributed by atoms with Gasteiger partial charge in [0.1, 0.15) is 36.6 Å². The van der Waals surface area contributed by atoms with Gasteiger partial charge in [-0.25, -0.2) is 4.79 Å². The average Bonchev–Trinajstić information content (AvgIpc) is 2.94. The van der Waals surface area contributed by atoms with Crippen molar-refractivity contribution in [3.05, 3.63) is 33.1 Å². The number of nitrogens with one attached hydrogen (secondary N) is 1. The molecule has 1 aromatic rings. The van der Waals surface area contributed by atoms with Crippen molar-refractivity contribution in [3.8, 4) is 0 Å². The summed E-state index contributed by atoms with van der Waals surface area (Å²) >= 11 is 0. The van der Waals surface area contributed by atoms with Crippen molar-refractivity contribution >= 4 is 0 Å². The highest BCUT2D eigenvalue weighted by Gasteiger charge is 2.47. The van der Waals surface area contributed by atoms with E-state index in [-0.39, 0.29) is 6.61 Å². The van der Waals surface area contributed by atoms with Gasteiger partial charge in [-0.3, -0.25) is 14.3 Å². The molecule has 158 valence electrons. The molecule has 2 aliphatic rings. The Kier molecular flexibility index (Phi) is 6.28. The lowest BCUT2D eigenvalue weighted by atomic mass is 9.97. The van der Waals surface area contributed by atoms with Gasteiger partial charge in [-0.15, -0.1) is 0 Å². The monoisotopic (exact) mass is 405 g/mol. The Morgan fingerprint density at radius 1 is 1.07 bits per heavy atom. The van der Waals surface area contributed by atoms with Crippen molar-refractivity contribution in [2.45, 2.75) is 55.2 Å². The summed E-state index contributed by atoms with van der Waals surface area (Å²) in [7, 11) is 0. The molecule has 9 atom stereocenters. The van der Waals surface area contributed by atoms with Gasteiger partial charge in [0.05, 0.1) is 19.3 Å². The Morgan fingerprint density at radius 2 is 1.79 bits per heavy atom. The van der Waals surface area contributed by atoms with E-state index in [1.54, 1.807) is 0 Å². The van der Waals surface area contributed by atoms with Crippen molar-refractivity contribution in [3.63, 3.8) is 0 Å². The van der Waals surface area contributed by atoms with Crippen molar-refractivity contribution in [2.24, 2.45) is 5.73 Å². The topological polar surface area (TPSA) is 210 Å². The van der Waals surface area contributed by atoms with Gasteiger partial charge in [-0.05, 0) is 0 Å². The quantitative estimate of drug-likeness (QED) is 0.246. The average molecular weight is 405 g/mol. The molecule has 2 unspecified atom stereocenters. The molecule has 2 saturated heterocycles. The molecule has 28 heavy (non-hydrogen) atoms. The standard InChI is InChI=1S/C15H23N3O10/c16-8-5(3-19)28-14(12(24)10(8)22)26-4-6-9(21)11(23)13(27-6)18-2-1-7(20)17-15(18)25/h1-2,5-6,8-14,19,21-24H,3-4,16H2,(H,17,20,25)/t5-,6+,8-,9?,10+,11?,12-,13+,14-/m1/s1. The lowest BCUT2D eigenvalue weighted by Crippen LogP contribution is -2.62. The normalized spacial score (nSPS) is 41.3. The van der Waals surface area contributed by atoms with E-state index in [0.29, 0.717) is 0 Å². The van der Waals surface area contributed by atoms with Crippen LogP contribution < -0.4 is 17.0 Å². The van der Waals surface area contributed by atoms with Crippen LogP contribution >= 0.6 is 0 Å². The van der Waals surface area contributed by atoms with Gasteiger partial charge < -0.3 is 45.5 Å². The molecule has 2 aliphatic heterocycles. The number of ether oxygens (including phenoxy) is 3. The van der Waals surface area contributed by atoms with Crippen LogP contribution in [-0.4, -0.2) is 97.3 Å². The Morgan fingerprint density at radius 3 is 2.43 bits per heavy atom. The van der Waals surface area contributed by atoms with Crippen LogP contribution in [0.5, 0.6) is 0 Å². The first-order chi connectivity index (χ1) is 13.2. The number of H-pyrrole nitrogens is 1. The minimum Gasteiger partial charge on any atom is -0.394 e. The zero-order chi connectivity index (χ0) is 20.6. The second kappa shape index (κ2) is 8.36. The van der Waals surface area contributed by atoms with Crippen LogP contribution in [-0.2, 0) is 14.2 Å². The van der Waals surface area contributed by atoms with Gasteiger partial charge in [-0.1, -0.05) is 0 Å². The molecule has 1 aromatic heterocycles. The molecular weight excluding hydrogens is 382 g/mol. The van der Waals surface area contributed by atoms with Crippen LogP contribution in [0.25, 0.3) is 0 Å². The molecule has 2 fully saturated rings. The summed E-state index contributed by atoms with van der Waals surface area (Å²) < 4.78 is 17.0. The summed E-state index contributed by atoms with van der Waals surface area (Å²) in [5.41, 5.74) is 4.18. The van der Waals surface area contributed by atoms with Crippen LogP contribution in [0, 0.1) is 0 Å². The molecule has 3 heterocycles. The molecule has 0 radical (unpaired) electrons. The summed E-state index contributed by atoms with van der Waals surface area (Å²) in [6.07, 6.45) is -9.51. The van der Waals surface area contributed by atoms with Gasteiger partial charge in [-0.2, -0.15) is 0 Å². The lowest BCUT2D eigenvalue weighted by molar-refractivity contribution is -0.283. The summed E-state index contributed by atoms with van der Waals surface area (Å²) in [6, 6.07) is 0.0334. The highest BCUT2D eigenvalue weighted by molar-refractivity contribution is 4.94. The number of hydrogen-bond donors (Lipinski definition) is 7. The molecule has 0 amide bonds. The van der Waals surface area contributed by atoms with E-state index in [9.17, 15) is 35.1 Å². The third kappa shape index (κ3) is 3.89. The van der Waals surface area contributed by atoms with Crippen LogP contribution in [0.3, 0.4) is 0 Å². The third-order valence-corrected chi connectivity index (χ3v) is 4.83. The van der Waals surface area contributed by atoms with E-state index in [0.717, 1.165) is 16.8 Å². The summed E-state index contributed by atoms with van der Waals surface area (Å²) in [4.78, 5) is 25.0. The Hall–Kier alpha value is -1.68. The first kappa shape index (κ1) is 21.0. The Bertz CT molecular complexity index is 782. The molecule has 13 heteroatoms. The predicted octanol–water partition coefficient (Wildman–Crippen LogP) is -5.06. The van der Waals surface area contributed by atoms with Crippen LogP contribution in [0.15, 0.2) is 21.9 Å². The van der Waals surface area contributed by atoms with Crippen molar-refractivity contribution in [2.75, 3.05) is 13.2 Å². The summed E-state index contributed by atoms with van der Waals surface area (Å²) in [5.74, 6) is 0. The van der Waals surface area contributed by atoms with E-state index < -0.39 is 73.0 Å². The van der Waals surface area contributed by atoms with Gasteiger partial charge in [0.2, 0.25) is 0 Å².